The van der Waals surface area contributed by atoms with Crippen LogP contribution < -0.4 is 15.4 Å². The van der Waals surface area contributed by atoms with Crippen molar-refractivity contribution in [2.75, 3.05) is 7.11 Å². The first-order valence-electron chi connectivity index (χ1n) is 11.4. The van der Waals surface area contributed by atoms with Crippen LogP contribution in [-0.2, 0) is 16.9 Å². The molecular formula is C26H21N7O4. The third-order valence-corrected chi connectivity index (χ3v) is 6.38. The monoisotopic (exact) mass is 495 g/mol. The Kier molecular flexibility index (Phi) is 5.11. The number of hydrogen-bond donors (Lipinski definition) is 3. The number of fused-ring (bicyclic) bond motifs is 1. The number of carbonyl (C=O) groups is 2. The molecule has 1 aliphatic rings. The van der Waals surface area contributed by atoms with E-state index in [2.05, 4.69) is 20.6 Å². The summed E-state index contributed by atoms with van der Waals surface area (Å²) < 4.78 is 8.24. The van der Waals surface area contributed by atoms with Gasteiger partial charge in [0.1, 0.15) is 5.75 Å². The summed E-state index contributed by atoms with van der Waals surface area (Å²) in [5.74, 6) is 0.130. The van der Waals surface area contributed by atoms with Crippen LogP contribution >= 0.6 is 0 Å². The Morgan fingerprint density at radius 3 is 2.51 bits per heavy atom. The van der Waals surface area contributed by atoms with Crippen LogP contribution in [0.1, 0.15) is 5.69 Å². The number of benzene rings is 2. The molecule has 3 aromatic heterocycles. The van der Waals surface area contributed by atoms with E-state index in [0.717, 1.165) is 10.9 Å². The fourth-order valence-electron chi connectivity index (χ4n) is 4.58. The Hall–Kier alpha value is -5.19. The zero-order valence-electron chi connectivity index (χ0n) is 19.6. The van der Waals surface area contributed by atoms with E-state index in [-0.39, 0.29) is 18.4 Å². The highest BCUT2D eigenvalue weighted by atomic mass is 16.5. The number of urea groups is 1. The van der Waals surface area contributed by atoms with Gasteiger partial charge in [-0.15, -0.1) is 0 Å². The molecule has 0 unspecified atom stereocenters. The van der Waals surface area contributed by atoms with Gasteiger partial charge in [-0.3, -0.25) is 10.1 Å². The van der Waals surface area contributed by atoms with Gasteiger partial charge in [0, 0.05) is 34.9 Å². The van der Waals surface area contributed by atoms with E-state index in [1.807, 2.05) is 30.3 Å². The van der Waals surface area contributed by atoms with Crippen LogP contribution in [0.2, 0.25) is 0 Å². The van der Waals surface area contributed by atoms with Crippen molar-refractivity contribution in [2.24, 2.45) is 0 Å². The van der Waals surface area contributed by atoms with Crippen molar-refractivity contribution in [1.29, 1.82) is 0 Å². The van der Waals surface area contributed by atoms with Gasteiger partial charge in [-0.2, -0.15) is 9.78 Å². The molecule has 0 aliphatic carbocycles. The maximum atomic E-state index is 13.5. The Labute approximate surface area is 210 Å². The molecule has 0 radical (unpaired) electrons. The van der Waals surface area contributed by atoms with Gasteiger partial charge in [-0.1, -0.05) is 30.3 Å². The van der Waals surface area contributed by atoms with Crippen LogP contribution in [0.25, 0.3) is 28.0 Å². The van der Waals surface area contributed by atoms with E-state index in [9.17, 15) is 14.7 Å². The summed E-state index contributed by atoms with van der Waals surface area (Å²) in [6, 6.07) is 17.4. The first kappa shape index (κ1) is 22.3. The van der Waals surface area contributed by atoms with Crippen molar-refractivity contribution < 1.29 is 19.4 Å². The lowest BCUT2D eigenvalue weighted by Crippen LogP contribution is -2.48. The van der Waals surface area contributed by atoms with E-state index in [1.54, 1.807) is 56.0 Å². The molecule has 2 aromatic carbocycles. The van der Waals surface area contributed by atoms with E-state index in [1.165, 1.54) is 9.25 Å². The minimum atomic E-state index is -1.63. The molecule has 1 fully saturated rings. The quantitative estimate of drug-likeness (QED) is 0.308. The van der Waals surface area contributed by atoms with Crippen molar-refractivity contribution in [3.8, 4) is 28.8 Å². The Balaban J connectivity index is 1.55. The molecule has 184 valence electrons. The number of amides is 3. The molecule has 6 rings (SSSR count). The van der Waals surface area contributed by atoms with Gasteiger partial charge >= 0.3 is 6.03 Å². The summed E-state index contributed by atoms with van der Waals surface area (Å²) in [6.07, 6.45) is 4.84. The van der Waals surface area contributed by atoms with E-state index in [0.29, 0.717) is 22.5 Å². The van der Waals surface area contributed by atoms with E-state index < -0.39 is 17.5 Å². The Morgan fingerprint density at radius 2 is 1.81 bits per heavy atom. The number of hydrogen-bond acceptors (Lipinski definition) is 7. The summed E-state index contributed by atoms with van der Waals surface area (Å²) in [7, 11) is 1.54. The largest absolute Gasteiger partial charge is 0.497 e. The highest BCUT2D eigenvalue weighted by Gasteiger charge is 2.51. The van der Waals surface area contributed by atoms with E-state index >= 15 is 0 Å². The SMILES string of the molecule is COc1ccc2cn(C[C@@]3(c4cc(-c5ccccc5)nn4-c4ncccn4)NC(=O)NC3=O)c(O)c2c1. The first-order chi connectivity index (χ1) is 18.0. The van der Waals surface area contributed by atoms with Crippen LogP contribution in [0, 0.1) is 0 Å². The van der Waals surface area contributed by atoms with Crippen molar-refractivity contribution >= 4 is 22.7 Å². The Bertz CT molecular complexity index is 1650. The molecule has 0 spiro atoms. The second kappa shape index (κ2) is 8.48. The lowest BCUT2D eigenvalue weighted by Gasteiger charge is -2.27. The minimum absolute atomic E-state index is 0.0764. The molecule has 1 atom stereocenters. The number of nitrogens with zero attached hydrogens (tertiary/aromatic N) is 5. The maximum Gasteiger partial charge on any atom is 0.322 e. The van der Waals surface area contributed by atoms with Gasteiger partial charge in [0.2, 0.25) is 0 Å². The summed E-state index contributed by atoms with van der Waals surface area (Å²) >= 11 is 0. The lowest BCUT2D eigenvalue weighted by atomic mass is 9.94. The molecule has 0 bridgehead atoms. The predicted molar refractivity (Wildman–Crippen MR) is 133 cm³/mol. The molecule has 11 nitrogen and oxygen atoms in total. The van der Waals surface area contributed by atoms with Crippen LogP contribution in [0.3, 0.4) is 0 Å². The molecule has 5 aromatic rings. The van der Waals surface area contributed by atoms with Crippen molar-refractivity contribution in [1.82, 2.24) is 34.9 Å². The molecule has 11 heteroatoms. The fourth-order valence-corrected chi connectivity index (χ4v) is 4.58. The predicted octanol–water partition coefficient (Wildman–Crippen LogP) is 2.73. The highest BCUT2D eigenvalue weighted by molar-refractivity contribution is 6.07. The number of imide groups is 1. The molecule has 0 saturated carbocycles. The molecule has 1 saturated heterocycles. The van der Waals surface area contributed by atoms with E-state index in [4.69, 9.17) is 9.84 Å². The molecule has 3 N–H and O–H groups in total. The second-order valence-electron chi connectivity index (χ2n) is 8.59. The van der Waals surface area contributed by atoms with Crippen LogP contribution in [0.15, 0.2) is 79.3 Å². The molecule has 1 aliphatic heterocycles. The van der Waals surface area contributed by atoms with Gasteiger partial charge in [-0.25, -0.2) is 14.8 Å². The van der Waals surface area contributed by atoms with Gasteiger partial charge in [-0.05, 0) is 30.3 Å². The zero-order chi connectivity index (χ0) is 25.6. The summed E-state index contributed by atoms with van der Waals surface area (Å²) in [4.78, 5) is 34.6. The van der Waals surface area contributed by atoms with Gasteiger partial charge < -0.3 is 19.7 Å². The average Bonchev–Trinajstić information content (AvgIpc) is 3.59. The average molecular weight is 495 g/mol. The lowest BCUT2D eigenvalue weighted by molar-refractivity contribution is -0.125. The number of rotatable bonds is 6. The first-order valence-corrected chi connectivity index (χ1v) is 11.4. The number of aromatic hydroxyl groups is 1. The number of methoxy groups -OCH3 is 1. The van der Waals surface area contributed by atoms with Crippen LogP contribution in [0.5, 0.6) is 11.6 Å². The maximum absolute atomic E-state index is 13.5. The fraction of sp³-hybridized carbons (Fsp3) is 0.115. The number of aromatic nitrogens is 5. The number of carbonyl (C=O) groups excluding carboxylic acids is 2. The number of ether oxygens (including phenoxy) is 1. The standard InChI is InChI=1S/C26H21N7O4/c1-37-18-9-8-17-14-32(22(34)19(17)12-18)15-26(23(35)29-25(36)30-26)21-13-20(16-6-3-2-4-7-16)31-33(21)24-27-10-5-11-28-24/h2-14,34H,15H2,1H3,(H2,29,30,35,36)/t26-/m0/s1. The third-order valence-electron chi connectivity index (χ3n) is 6.38. The van der Waals surface area contributed by atoms with Crippen molar-refractivity contribution in [2.45, 2.75) is 12.1 Å². The third kappa shape index (κ3) is 3.64. The van der Waals surface area contributed by atoms with Gasteiger partial charge in [0.05, 0.1) is 25.0 Å². The van der Waals surface area contributed by atoms with Crippen molar-refractivity contribution in [3.05, 3.63) is 84.9 Å². The number of nitrogens with one attached hydrogen (secondary N) is 2. The summed E-state index contributed by atoms with van der Waals surface area (Å²) in [5, 5.41) is 22.2. The topological polar surface area (TPSA) is 136 Å². The highest BCUT2D eigenvalue weighted by Crippen LogP contribution is 2.36. The summed E-state index contributed by atoms with van der Waals surface area (Å²) in [5.41, 5.74) is 0.0611. The Morgan fingerprint density at radius 1 is 1.03 bits per heavy atom. The normalized spacial score (nSPS) is 17.1. The zero-order valence-corrected chi connectivity index (χ0v) is 19.6. The van der Waals surface area contributed by atoms with Gasteiger partial charge in [0.25, 0.3) is 11.9 Å². The molecule has 37 heavy (non-hydrogen) atoms. The second-order valence-corrected chi connectivity index (χ2v) is 8.59. The van der Waals surface area contributed by atoms with Crippen LogP contribution in [-0.4, -0.2) is 48.5 Å². The summed E-state index contributed by atoms with van der Waals surface area (Å²) in [6.45, 7) is -0.125. The minimum Gasteiger partial charge on any atom is -0.497 e. The molecule has 4 heterocycles. The smallest absolute Gasteiger partial charge is 0.322 e. The molecule has 3 amide bonds. The van der Waals surface area contributed by atoms with Crippen LogP contribution in [0.4, 0.5) is 4.79 Å². The van der Waals surface area contributed by atoms with Gasteiger partial charge in [0.15, 0.2) is 11.4 Å². The molecular weight excluding hydrogens is 474 g/mol. The van der Waals surface area contributed by atoms with Crippen molar-refractivity contribution in [3.63, 3.8) is 0 Å².